The summed E-state index contributed by atoms with van der Waals surface area (Å²) in [4.78, 5) is 0. The molecule has 7 nitrogen and oxygen atoms in total. The molecule has 0 saturated carbocycles. The Bertz CT molecular complexity index is 194. The van der Waals surface area contributed by atoms with Crippen LogP contribution in [0.2, 0.25) is 0 Å². The van der Waals surface area contributed by atoms with Gasteiger partial charge in [-0.05, 0) is 5.92 Å². The van der Waals surface area contributed by atoms with E-state index >= 15 is 0 Å². The van der Waals surface area contributed by atoms with Crippen molar-refractivity contribution in [1.29, 1.82) is 0 Å². The maximum atomic E-state index is 9.12. The Hall–Kier alpha value is -0.280. The molecule has 0 aromatic carbocycles. The third-order valence-corrected chi connectivity index (χ3v) is 2.23. The highest BCUT2D eigenvalue weighted by Crippen LogP contribution is 2.18. The van der Waals surface area contributed by atoms with Crippen LogP contribution in [0.4, 0.5) is 0 Å². The highest BCUT2D eigenvalue weighted by atomic mass is 16.6. The molecule has 6 N–H and O–H groups in total. The summed E-state index contributed by atoms with van der Waals surface area (Å²) in [5.41, 5.74) is 0. The Balaban J connectivity index is 0.000000437. The maximum absolute atomic E-state index is 9.12. The first-order chi connectivity index (χ1) is 7.84. The van der Waals surface area contributed by atoms with Gasteiger partial charge in [-0.25, -0.2) is 0 Å². The minimum Gasteiger partial charge on any atom is -0.396 e. The van der Waals surface area contributed by atoms with E-state index < -0.39 is 37.3 Å². The quantitative estimate of drug-likeness (QED) is 0.319. The molecular weight excluding hydrogens is 232 g/mol. The van der Waals surface area contributed by atoms with Crippen LogP contribution in [0.15, 0.2) is 0 Å². The van der Waals surface area contributed by atoms with Gasteiger partial charge in [0.15, 0.2) is 6.29 Å². The lowest BCUT2D eigenvalue weighted by Crippen LogP contribution is -2.58. The summed E-state index contributed by atoms with van der Waals surface area (Å²) in [5.74, 6) is 0.440. The average molecular weight is 254 g/mol. The van der Waals surface area contributed by atoms with Gasteiger partial charge >= 0.3 is 0 Å². The van der Waals surface area contributed by atoms with Crippen LogP contribution in [0.25, 0.3) is 0 Å². The third-order valence-electron chi connectivity index (χ3n) is 2.23. The van der Waals surface area contributed by atoms with Crippen LogP contribution in [0.1, 0.15) is 13.8 Å². The predicted molar refractivity (Wildman–Crippen MR) is 57.9 cm³/mol. The Morgan fingerprint density at radius 2 is 1.41 bits per heavy atom. The average Bonchev–Trinajstić information content (AvgIpc) is 2.31. The first kappa shape index (κ1) is 16.7. The second-order valence-electron chi connectivity index (χ2n) is 4.30. The number of aliphatic hydroxyl groups is 6. The molecule has 5 atom stereocenters. The topological polar surface area (TPSA) is 131 Å². The maximum Gasteiger partial charge on any atom is 0.184 e. The Labute approximate surface area is 99.9 Å². The molecule has 1 aliphatic heterocycles. The molecule has 104 valence electrons. The standard InChI is InChI=1S/C6H12O6.C4H10O/c7-1-2-3(8)4(9)5(10)6(11)12-2;1-4(2)3-5/h2-11H,1H2;4-5H,3H2,1-2H3/t2-,3-,4+,5-,6?;/m1./s1. The lowest BCUT2D eigenvalue weighted by molar-refractivity contribution is -0.286. The number of hydrogen-bond donors (Lipinski definition) is 6. The van der Waals surface area contributed by atoms with Crippen molar-refractivity contribution >= 4 is 0 Å². The third kappa shape index (κ3) is 5.26. The van der Waals surface area contributed by atoms with Gasteiger partial charge in [0.25, 0.3) is 0 Å². The summed E-state index contributed by atoms with van der Waals surface area (Å²) < 4.78 is 4.58. The molecule has 0 radical (unpaired) electrons. The van der Waals surface area contributed by atoms with E-state index in [-0.39, 0.29) is 0 Å². The summed E-state index contributed by atoms with van der Waals surface area (Å²) in [6.07, 6.45) is -7.04. The van der Waals surface area contributed by atoms with E-state index in [1.54, 1.807) is 0 Å². The highest BCUT2D eigenvalue weighted by molar-refractivity contribution is 4.87. The first-order valence-corrected chi connectivity index (χ1v) is 5.44. The Morgan fingerprint density at radius 3 is 1.76 bits per heavy atom. The van der Waals surface area contributed by atoms with Gasteiger partial charge in [0.1, 0.15) is 24.4 Å². The summed E-state index contributed by atoms with van der Waals surface area (Å²) in [7, 11) is 0. The minimum atomic E-state index is -1.57. The smallest absolute Gasteiger partial charge is 0.184 e. The van der Waals surface area contributed by atoms with Gasteiger partial charge in [0.05, 0.1) is 6.61 Å². The zero-order valence-electron chi connectivity index (χ0n) is 9.97. The molecule has 1 rings (SSSR count). The SMILES string of the molecule is CC(C)CO.OC[C@H]1OC(O)[C@H](O)[C@@H](O)[C@@H]1O. The van der Waals surface area contributed by atoms with E-state index in [0.29, 0.717) is 12.5 Å². The summed E-state index contributed by atoms with van der Waals surface area (Å²) in [5, 5.41) is 52.8. The molecule has 0 spiro atoms. The zero-order valence-corrected chi connectivity index (χ0v) is 9.97. The summed E-state index contributed by atoms with van der Waals surface area (Å²) >= 11 is 0. The van der Waals surface area contributed by atoms with Gasteiger partial charge in [0.2, 0.25) is 0 Å². The van der Waals surface area contributed by atoms with E-state index in [0.717, 1.165) is 0 Å². The zero-order chi connectivity index (χ0) is 13.6. The molecule has 1 saturated heterocycles. The molecule has 1 fully saturated rings. The second-order valence-corrected chi connectivity index (χ2v) is 4.30. The van der Waals surface area contributed by atoms with Crippen molar-refractivity contribution in [3.8, 4) is 0 Å². The fourth-order valence-electron chi connectivity index (χ4n) is 1.08. The van der Waals surface area contributed by atoms with Crippen molar-refractivity contribution in [2.45, 2.75) is 44.6 Å². The Morgan fingerprint density at radius 1 is 0.941 bits per heavy atom. The van der Waals surface area contributed by atoms with Gasteiger partial charge in [0, 0.05) is 6.61 Å². The second kappa shape index (κ2) is 7.93. The molecule has 1 unspecified atom stereocenters. The molecule has 17 heavy (non-hydrogen) atoms. The first-order valence-electron chi connectivity index (χ1n) is 5.44. The van der Waals surface area contributed by atoms with Crippen molar-refractivity contribution in [3.05, 3.63) is 0 Å². The predicted octanol–water partition coefficient (Wildman–Crippen LogP) is -2.59. The molecule has 7 heteroatoms. The van der Waals surface area contributed by atoms with Crippen LogP contribution in [-0.4, -0.2) is 74.6 Å². The van der Waals surface area contributed by atoms with Crippen LogP contribution < -0.4 is 0 Å². The van der Waals surface area contributed by atoms with Crippen LogP contribution in [-0.2, 0) is 4.74 Å². The van der Waals surface area contributed by atoms with Crippen molar-refractivity contribution in [2.75, 3.05) is 13.2 Å². The van der Waals surface area contributed by atoms with E-state index in [4.69, 9.17) is 30.6 Å². The molecule has 1 heterocycles. The molecule has 0 aliphatic carbocycles. The van der Waals surface area contributed by atoms with Crippen LogP contribution in [0.5, 0.6) is 0 Å². The molecule has 0 amide bonds. The van der Waals surface area contributed by atoms with Crippen molar-refractivity contribution < 1.29 is 35.4 Å². The Kier molecular flexibility index (Phi) is 7.80. The van der Waals surface area contributed by atoms with Crippen molar-refractivity contribution in [2.24, 2.45) is 5.92 Å². The van der Waals surface area contributed by atoms with E-state index in [1.807, 2.05) is 13.8 Å². The van der Waals surface area contributed by atoms with Crippen LogP contribution in [0, 0.1) is 5.92 Å². The number of ether oxygens (including phenoxy) is 1. The van der Waals surface area contributed by atoms with Gasteiger partial charge in [-0.15, -0.1) is 0 Å². The van der Waals surface area contributed by atoms with Crippen molar-refractivity contribution in [1.82, 2.24) is 0 Å². The van der Waals surface area contributed by atoms with Crippen LogP contribution >= 0.6 is 0 Å². The lowest BCUT2D eigenvalue weighted by atomic mass is 10.00. The normalized spacial score (nSPS) is 37.6. The highest BCUT2D eigenvalue weighted by Gasteiger charge is 2.42. The fraction of sp³-hybridized carbons (Fsp3) is 1.00. The van der Waals surface area contributed by atoms with Crippen LogP contribution in [0.3, 0.4) is 0 Å². The molecule has 0 aromatic rings. The van der Waals surface area contributed by atoms with E-state index in [1.165, 1.54) is 0 Å². The summed E-state index contributed by atoms with van der Waals surface area (Å²) in [6.45, 7) is 3.72. The van der Waals surface area contributed by atoms with Gasteiger partial charge < -0.3 is 35.4 Å². The monoisotopic (exact) mass is 254 g/mol. The number of aliphatic hydroxyl groups excluding tert-OH is 6. The van der Waals surface area contributed by atoms with Gasteiger partial charge in [-0.2, -0.15) is 0 Å². The molecule has 0 bridgehead atoms. The number of rotatable bonds is 2. The molecular formula is C10H22O7. The minimum absolute atomic E-state index is 0.306. The van der Waals surface area contributed by atoms with Gasteiger partial charge in [-0.1, -0.05) is 13.8 Å². The van der Waals surface area contributed by atoms with Gasteiger partial charge in [-0.3, -0.25) is 0 Å². The van der Waals surface area contributed by atoms with E-state index in [9.17, 15) is 0 Å². The molecule has 1 aliphatic rings. The lowest BCUT2D eigenvalue weighted by Gasteiger charge is -2.37. The summed E-state index contributed by atoms with van der Waals surface area (Å²) in [6, 6.07) is 0. The van der Waals surface area contributed by atoms with Crippen molar-refractivity contribution in [3.63, 3.8) is 0 Å². The fourth-order valence-corrected chi connectivity index (χ4v) is 1.08. The largest absolute Gasteiger partial charge is 0.396 e. The van der Waals surface area contributed by atoms with E-state index in [2.05, 4.69) is 4.74 Å². The number of hydrogen-bond acceptors (Lipinski definition) is 7. The molecule has 0 aromatic heterocycles.